The Bertz CT molecular complexity index is 640. The molecule has 0 aliphatic carbocycles. The molecule has 112 valence electrons. The molecule has 0 spiro atoms. The van der Waals surface area contributed by atoms with Gasteiger partial charge in [-0.25, -0.2) is 4.98 Å². The van der Waals surface area contributed by atoms with Crippen LogP contribution in [0.2, 0.25) is 0 Å². The van der Waals surface area contributed by atoms with E-state index in [-0.39, 0.29) is 11.8 Å². The van der Waals surface area contributed by atoms with Gasteiger partial charge in [0.15, 0.2) is 6.61 Å². The van der Waals surface area contributed by atoms with Gasteiger partial charge in [-0.05, 0) is 13.0 Å². The second-order valence-corrected chi connectivity index (χ2v) is 4.03. The van der Waals surface area contributed by atoms with Crippen LogP contribution in [0, 0.1) is 6.92 Å². The molecule has 0 saturated heterocycles. The third-order valence-corrected chi connectivity index (χ3v) is 2.26. The van der Waals surface area contributed by atoms with E-state index in [1.165, 1.54) is 12.1 Å². The fourth-order valence-electron chi connectivity index (χ4n) is 1.39. The molecule has 2 aromatic rings. The molecular weight excluding hydrogens is 291 g/mol. The molecule has 0 radical (unpaired) electrons. The lowest BCUT2D eigenvalue weighted by molar-refractivity contribution is -0.141. The summed E-state index contributed by atoms with van der Waals surface area (Å²) in [6, 6.07) is 4.66. The van der Waals surface area contributed by atoms with E-state index in [9.17, 15) is 18.0 Å². The van der Waals surface area contributed by atoms with E-state index in [1.807, 2.05) is 0 Å². The van der Waals surface area contributed by atoms with Crippen LogP contribution in [0.1, 0.15) is 11.4 Å². The van der Waals surface area contributed by atoms with Crippen LogP contribution < -0.4 is 10.1 Å². The van der Waals surface area contributed by atoms with Crippen molar-refractivity contribution >= 4 is 11.8 Å². The highest BCUT2D eigenvalue weighted by molar-refractivity contribution is 5.90. The van der Waals surface area contributed by atoms with Crippen LogP contribution in [0.15, 0.2) is 28.8 Å². The Morgan fingerprint density at radius 2 is 2.19 bits per heavy atom. The second-order valence-electron chi connectivity index (χ2n) is 4.03. The lowest BCUT2D eigenvalue weighted by atomic mass is 10.3. The first-order valence-corrected chi connectivity index (χ1v) is 5.75. The number of nitrogens with zero attached hydrogens (tertiary/aromatic N) is 2. The summed E-state index contributed by atoms with van der Waals surface area (Å²) in [6.07, 6.45) is -4.57. The number of carbonyl (C=O) groups is 1. The highest BCUT2D eigenvalue weighted by atomic mass is 19.4. The Morgan fingerprint density at radius 1 is 1.43 bits per heavy atom. The maximum atomic E-state index is 12.4. The molecular formula is C12H10F3N3O3. The molecule has 0 aliphatic heterocycles. The number of alkyl halides is 3. The summed E-state index contributed by atoms with van der Waals surface area (Å²) in [5.74, 6) is -0.780. The fourth-order valence-corrected chi connectivity index (χ4v) is 1.39. The fraction of sp³-hybridized carbons (Fsp3) is 0.250. The number of pyridine rings is 1. The molecule has 6 nitrogen and oxygen atoms in total. The van der Waals surface area contributed by atoms with Gasteiger partial charge in [0.05, 0.1) is 5.69 Å². The molecule has 2 heterocycles. The summed E-state index contributed by atoms with van der Waals surface area (Å²) in [7, 11) is 0. The van der Waals surface area contributed by atoms with Crippen LogP contribution in [0.25, 0.3) is 0 Å². The number of anilines is 1. The molecule has 1 N–H and O–H groups in total. The normalized spacial score (nSPS) is 11.2. The third-order valence-electron chi connectivity index (χ3n) is 2.26. The minimum absolute atomic E-state index is 0.123. The molecule has 0 aromatic carbocycles. The molecule has 2 rings (SSSR count). The van der Waals surface area contributed by atoms with Crippen molar-refractivity contribution in [3.05, 3.63) is 35.7 Å². The molecule has 0 atom stereocenters. The van der Waals surface area contributed by atoms with Crippen molar-refractivity contribution in [1.82, 2.24) is 10.1 Å². The summed E-state index contributed by atoms with van der Waals surface area (Å²) < 4.78 is 47.0. The number of ether oxygens (including phenoxy) is 1. The van der Waals surface area contributed by atoms with Crippen molar-refractivity contribution in [3.63, 3.8) is 0 Å². The Kier molecular flexibility index (Phi) is 4.10. The summed E-state index contributed by atoms with van der Waals surface area (Å²) in [4.78, 5) is 14.8. The molecule has 0 fully saturated rings. The number of amides is 1. The second kappa shape index (κ2) is 5.81. The van der Waals surface area contributed by atoms with E-state index in [4.69, 9.17) is 9.26 Å². The van der Waals surface area contributed by atoms with Crippen molar-refractivity contribution in [3.8, 4) is 5.88 Å². The van der Waals surface area contributed by atoms with Gasteiger partial charge in [0.2, 0.25) is 11.8 Å². The standard InChI is InChI=1S/C12H10F3N3O3/c1-7-5-11(21-18-7)17-9(19)6-20-10-4-2-3-8(16-10)12(13,14)15/h2-5H,6H2,1H3,(H,17,19). The van der Waals surface area contributed by atoms with E-state index in [2.05, 4.69) is 15.5 Å². The third kappa shape index (κ3) is 4.20. The average Bonchev–Trinajstić information content (AvgIpc) is 2.81. The largest absolute Gasteiger partial charge is 0.468 e. The van der Waals surface area contributed by atoms with Crippen molar-refractivity contribution in [2.75, 3.05) is 11.9 Å². The maximum Gasteiger partial charge on any atom is 0.433 e. The molecule has 0 unspecified atom stereocenters. The van der Waals surface area contributed by atoms with Gasteiger partial charge in [-0.2, -0.15) is 13.2 Å². The van der Waals surface area contributed by atoms with Crippen LogP contribution in [0.3, 0.4) is 0 Å². The first-order chi connectivity index (χ1) is 9.84. The van der Waals surface area contributed by atoms with E-state index < -0.39 is 24.4 Å². The molecule has 2 aromatic heterocycles. The molecule has 21 heavy (non-hydrogen) atoms. The highest BCUT2D eigenvalue weighted by Crippen LogP contribution is 2.28. The quantitative estimate of drug-likeness (QED) is 0.938. The Balaban J connectivity index is 1.92. The summed E-state index contributed by atoms with van der Waals surface area (Å²) in [5, 5.41) is 5.89. The van der Waals surface area contributed by atoms with Crippen LogP contribution in [-0.2, 0) is 11.0 Å². The van der Waals surface area contributed by atoms with Crippen LogP contribution in [-0.4, -0.2) is 22.7 Å². The number of aromatic nitrogens is 2. The van der Waals surface area contributed by atoms with Gasteiger partial charge in [-0.3, -0.25) is 10.1 Å². The number of aryl methyl sites for hydroxylation is 1. The minimum Gasteiger partial charge on any atom is -0.468 e. The summed E-state index contributed by atoms with van der Waals surface area (Å²) in [6.45, 7) is 1.16. The Hall–Kier alpha value is -2.58. The smallest absolute Gasteiger partial charge is 0.433 e. The lowest BCUT2D eigenvalue weighted by Crippen LogP contribution is -2.20. The Morgan fingerprint density at radius 3 is 2.81 bits per heavy atom. The first-order valence-electron chi connectivity index (χ1n) is 5.75. The number of hydrogen-bond acceptors (Lipinski definition) is 5. The number of carbonyl (C=O) groups excluding carboxylic acids is 1. The molecule has 1 amide bonds. The van der Waals surface area contributed by atoms with E-state index in [0.29, 0.717) is 5.69 Å². The van der Waals surface area contributed by atoms with E-state index in [0.717, 1.165) is 12.1 Å². The minimum atomic E-state index is -4.57. The van der Waals surface area contributed by atoms with E-state index in [1.54, 1.807) is 6.92 Å². The van der Waals surface area contributed by atoms with Crippen molar-refractivity contribution in [2.45, 2.75) is 13.1 Å². The topological polar surface area (TPSA) is 77.2 Å². The Labute approximate surface area is 116 Å². The first kappa shape index (κ1) is 14.8. The zero-order valence-corrected chi connectivity index (χ0v) is 10.8. The zero-order chi connectivity index (χ0) is 15.5. The predicted molar refractivity (Wildman–Crippen MR) is 64.6 cm³/mol. The predicted octanol–water partition coefficient (Wildman–Crippen LogP) is 2.41. The van der Waals surface area contributed by atoms with Gasteiger partial charge >= 0.3 is 6.18 Å². The van der Waals surface area contributed by atoms with Crippen molar-refractivity contribution in [1.29, 1.82) is 0 Å². The average molecular weight is 301 g/mol. The number of rotatable bonds is 4. The maximum absolute atomic E-state index is 12.4. The molecule has 0 aliphatic rings. The molecule has 9 heteroatoms. The van der Waals surface area contributed by atoms with Gasteiger partial charge in [-0.15, -0.1) is 0 Å². The number of hydrogen-bond donors (Lipinski definition) is 1. The highest BCUT2D eigenvalue weighted by Gasteiger charge is 2.32. The van der Waals surface area contributed by atoms with Crippen molar-refractivity contribution in [2.24, 2.45) is 0 Å². The van der Waals surface area contributed by atoms with Crippen LogP contribution in [0.4, 0.5) is 19.1 Å². The SMILES string of the molecule is Cc1cc(NC(=O)COc2cccc(C(F)(F)F)n2)on1. The van der Waals surface area contributed by atoms with E-state index >= 15 is 0 Å². The van der Waals surface area contributed by atoms with Gasteiger partial charge in [0, 0.05) is 12.1 Å². The lowest BCUT2D eigenvalue weighted by Gasteiger charge is -2.08. The number of nitrogens with one attached hydrogen (secondary N) is 1. The monoisotopic (exact) mass is 301 g/mol. The summed E-state index contributed by atoms with van der Waals surface area (Å²) >= 11 is 0. The zero-order valence-electron chi connectivity index (χ0n) is 10.8. The van der Waals surface area contributed by atoms with Gasteiger partial charge in [0.1, 0.15) is 5.69 Å². The molecule has 0 bridgehead atoms. The van der Waals surface area contributed by atoms with Crippen LogP contribution >= 0.6 is 0 Å². The van der Waals surface area contributed by atoms with Crippen LogP contribution in [0.5, 0.6) is 5.88 Å². The summed E-state index contributed by atoms with van der Waals surface area (Å²) in [5.41, 5.74) is -0.517. The van der Waals surface area contributed by atoms with Crippen molar-refractivity contribution < 1.29 is 27.2 Å². The molecule has 0 saturated carbocycles. The van der Waals surface area contributed by atoms with Gasteiger partial charge in [0.25, 0.3) is 5.91 Å². The van der Waals surface area contributed by atoms with Gasteiger partial charge < -0.3 is 9.26 Å². The van der Waals surface area contributed by atoms with Gasteiger partial charge in [-0.1, -0.05) is 11.2 Å². The number of halogens is 3.